The molecule has 0 aromatic heterocycles. The summed E-state index contributed by atoms with van der Waals surface area (Å²) in [5.74, 6) is 0. The SMILES string of the molecule is CCOCCN(CC)S(=O)(=O)C(CC)CN. The lowest BCUT2D eigenvalue weighted by Gasteiger charge is -2.25. The maximum Gasteiger partial charge on any atom is 0.218 e. The van der Waals surface area contributed by atoms with Gasteiger partial charge in [-0.3, -0.25) is 0 Å². The van der Waals surface area contributed by atoms with Gasteiger partial charge in [-0.1, -0.05) is 13.8 Å². The molecule has 0 fully saturated rings. The third kappa shape index (κ3) is 4.37. The van der Waals surface area contributed by atoms with Crippen LogP contribution in [0.5, 0.6) is 0 Å². The summed E-state index contributed by atoms with van der Waals surface area (Å²) >= 11 is 0. The molecule has 0 rings (SSSR count). The number of rotatable bonds is 9. The average Bonchev–Trinajstić information content (AvgIpc) is 2.25. The molecular formula is C10H24N2O3S. The van der Waals surface area contributed by atoms with Crippen LogP contribution in [0, 0.1) is 0 Å². The second-order valence-corrected chi connectivity index (χ2v) is 5.71. The summed E-state index contributed by atoms with van der Waals surface area (Å²) < 4.78 is 30.8. The van der Waals surface area contributed by atoms with Crippen molar-refractivity contribution in [3.63, 3.8) is 0 Å². The third-order valence-electron chi connectivity index (χ3n) is 2.54. The first-order valence-corrected chi connectivity index (χ1v) is 7.31. The summed E-state index contributed by atoms with van der Waals surface area (Å²) in [6.07, 6.45) is 0.546. The topological polar surface area (TPSA) is 72.6 Å². The lowest BCUT2D eigenvalue weighted by Crippen LogP contribution is -2.43. The highest BCUT2D eigenvalue weighted by Crippen LogP contribution is 2.11. The molecule has 5 nitrogen and oxygen atoms in total. The molecule has 0 aromatic carbocycles. The van der Waals surface area contributed by atoms with Crippen LogP contribution in [-0.2, 0) is 14.8 Å². The number of hydrogen-bond donors (Lipinski definition) is 1. The van der Waals surface area contributed by atoms with E-state index in [9.17, 15) is 8.42 Å². The predicted molar refractivity (Wildman–Crippen MR) is 65.8 cm³/mol. The van der Waals surface area contributed by atoms with E-state index in [0.29, 0.717) is 32.7 Å². The van der Waals surface area contributed by atoms with Crippen LogP contribution >= 0.6 is 0 Å². The standard InChI is InChI=1S/C10H24N2O3S/c1-4-10(9-11)16(13,14)12(5-2)7-8-15-6-3/h10H,4-9,11H2,1-3H3. The van der Waals surface area contributed by atoms with Crippen molar-refractivity contribution in [3.8, 4) is 0 Å². The molecule has 0 aliphatic heterocycles. The Hall–Kier alpha value is -0.170. The summed E-state index contributed by atoms with van der Waals surface area (Å²) in [7, 11) is -3.27. The van der Waals surface area contributed by atoms with E-state index in [0.717, 1.165) is 0 Å². The van der Waals surface area contributed by atoms with Crippen molar-refractivity contribution in [2.45, 2.75) is 32.4 Å². The first-order valence-electron chi connectivity index (χ1n) is 5.81. The van der Waals surface area contributed by atoms with Gasteiger partial charge in [0.2, 0.25) is 10.0 Å². The summed E-state index contributed by atoms with van der Waals surface area (Å²) in [5.41, 5.74) is 5.48. The Balaban J connectivity index is 4.53. The zero-order chi connectivity index (χ0) is 12.6. The molecule has 0 heterocycles. The number of hydrogen-bond acceptors (Lipinski definition) is 4. The van der Waals surface area contributed by atoms with Gasteiger partial charge in [0, 0.05) is 26.2 Å². The highest BCUT2D eigenvalue weighted by molar-refractivity contribution is 7.89. The second kappa shape index (κ2) is 8.00. The number of sulfonamides is 1. The summed E-state index contributed by atoms with van der Waals surface area (Å²) in [4.78, 5) is 0. The molecular weight excluding hydrogens is 228 g/mol. The molecule has 0 saturated carbocycles. The zero-order valence-corrected chi connectivity index (χ0v) is 11.3. The third-order valence-corrected chi connectivity index (χ3v) is 5.07. The Morgan fingerprint density at radius 1 is 1.31 bits per heavy atom. The molecule has 6 heteroatoms. The van der Waals surface area contributed by atoms with Gasteiger partial charge in [-0.25, -0.2) is 8.42 Å². The van der Waals surface area contributed by atoms with E-state index in [1.165, 1.54) is 4.31 Å². The fourth-order valence-electron chi connectivity index (χ4n) is 1.49. The van der Waals surface area contributed by atoms with E-state index in [-0.39, 0.29) is 6.54 Å². The van der Waals surface area contributed by atoms with Gasteiger partial charge in [0.1, 0.15) is 0 Å². The summed E-state index contributed by atoms with van der Waals surface area (Å²) in [6.45, 7) is 7.63. The molecule has 0 bridgehead atoms. The Kier molecular flexibility index (Phi) is 7.91. The number of nitrogens with zero attached hydrogens (tertiary/aromatic N) is 1. The molecule has 2 N–H and O–H groups in total. The fraction of sp³-hybridized carbons (Fsp3) is 1.00. The van der Waals surface area contributed by atoms with E-state index >= 15 is 0 Å². The van der Waals surface area contributed by atoms with E-state index in [4.69, 9.17) is 10.5 Å². The molecule has 0 aliphatic rings. The molecule has 0 radical (unpaired) electrons. The van der Waals surface area contributed by atoms with Crippen molar-refractivity contribution in [2.24, 2.45) is 5.73 Å². The van der Waals surface area contributed by atoms with Crippen LogP contribution in [0.2, 0.25) is 0 Å². The molecule has 98 valence electrons. The Morgan fingerprint density at radius 2 is 1.94 bits per heavy atom. The van der Waals surface area contributed by atoms with Crippen molar-refractivity contribution in [1.29, 1.82) is 0 Å². The first-order chi connectivity index (χ1) is 7.54. The maximum atomic E-state index is 12.1. The molecule has 1 atom stereocenters. The van der Waals surface area contributed by atoms with Crippen molar-refractivity contribution < 1.29 is 13.2 Å². The minimum atomic E-state index is -3.27. The van der Waals surface area contributed by atoms with E-state index < -0.39 is 15.3 Å². The highest BCUT2D eigenvalue weighted by Gasteiger charge is 2.28. The van der Waals surface area contributed by atoms with Gasteiger partial charge >= 0.3 is 0 Å². The Labute approximate surface area is 99.0 Å². The minimum absolute atomic E-state index is 0.171. The second-order valence-electron chi connectivity index (χ2n) is 3.50. The van der Waals surface area contributed by atoms with Gasteiger partial charge in [-0.15, -0.1) is 0 Å². The minimum Gasteiger partial charge on any atom is -0.380 e. The Morgan fingerprint density at radius 3 is 2.31 bits per heavy atom. The number of likely N-dealkylation sites (N-methyl/N-ethyl adjacent to an activating group) is 1. The van der Waals surface area contributed by atoms with Crippen LogP contribution in [-0.4, -0.2) is 50.8 Å². The molecule has 16 heavy (non-hydrogen) atoms. The molecule has 1 unspecified atom stereocenters. The van der Waals surface area contributed by atoms with Gasteiger partial charge in [-0.05, 0) is 13.3 Å². The van der Waals surface area contributed by atoms with Gasteiger partial charge in [0.05, 0.1) is 11.9 Å². The molecule has 0 aromatic rings. The molecule has 0 spiro atoms. The van der Waals surface area contributed by atoms with Crippen LogP contribution in [0.4, 0.5) is 0 Å². The number of ether oxygens (including phenoxy) is 1. The van der Waals surface area contributed by atoms with Crippen LogP contribution in [0.25, 0.3) is 0 Å². The number of nitrogens with two attached hydrogens (primary N) is 1. The smallest absolute Gasteiger partial charge is 0.218 e. The van der Waals surface area contributed by atoms with E-state index in [2.05, 4.69) is 0 Å². The van der Waals surface area contributed by atoms with Crippen LogP contribution in [0.3, 0.4) is 0 Å². The predicted octanol–water partition coefficient (Wildman–Crippen LogP) is 0.412. The van der Waals surface area contributed by atoms with Gasteiger partial charge in [0.25, 0.3) is 0 Å². The van der Waals surface area contributed by atoms with Crippen molar-refractivity contribution >= 4 is 10.0 Å². The van der Waals surface area contributed by atoms with Crippen LogP contribution in [0.15, 0.2) is 0 Å². The van der Waals surface area contributed by atoms with Crippen molar-refractivity contribution in [3.05, 3.63) is 0 Å². The van der Waals surface area contributed by atoms with Gasteiger partial charge in [0.15, 0.2) is 0 Å². The largest absolute Gasteiger partial charge is 0.380 e. The average molecular weight is 252 g/mol. The Bertz CT molecular complexity index is 263. The zero-order valence-electron chi connectivity index (χ0n) is 10.5. The molecule has 0 amide bonds. The van der Waals surface area contributed by atoms with Crippen molar-refractivity contribution in [2.75, 3.05) is 32.8 Å². The van der Waals surface area contributed by atoms with Crippen LogP contribution in [0.1, 0.15) is 27.2 Å². The monoisotopic (exact) mass is 252 g/mol. The lowest BCUT2D eigenvalue weighted by atomic mass is 10.3. The van der Waals surface area contributed by atoms with Gasteiger partial charge < -0.3 is 10.5 Å². The molecule has 0 saturated heterocycles. The fourth-order valence-corrected chi connectivity index (χ4v) is 3.26. The summed E-state index contributed by atoms with van der Waals surface area (Å²) in [6, 6.07) is 0. The van der Waals surface area contributed by atoms with Crippen LogP contribution < -0.4 is 5.73 Å². The highest BCUT2D eigenvalue weighted by atomic mass is 32.2. The van der Waals surface area contributed by atoms with E-state index in [1.807, 2.05) is 20.8 Å². The first kappa shape index (κ1) is 15.8. The normalized spacial score (nSPS) is 14.3. The summed E-state index contributed by atoms with van der Waals surface area (Å²) in [5, 5.41) is -0.478. The van der Waals surface area contributed by atoms with E-state index in [1.54, 1.807) is 0 Å². The lowest BCUT2D eigenvalue weighted by molar-refractivity contribution is 0.135. The quantitative estimate of drug-likeness (QED) is 0.603. The maximum absolute atomic E-state index is 12.1. The molecule has 0 aliphatic carbocycles. The van der Waals surface area contributed by atoms with Crippen molar-refractivity contribution in [1.82, 2.24) is 4.31 Å². The van der Waals surface area contributed by atoms with Gasteiger partial charge in [-0.2, -0.15) is 4.31 Å².